The fraction of sp³-hybridized carbons (Fsp3) is 0.900. The lowest BCUT2D eigenvalue weighted by atomic mass is 9.89. The SMILES string of the molecule is CN(C)C1(C#N)CCN2CCCC21. The van der Waals surface area contributed by atoms with Crippen LogP contribution in [0.3, 0.4) is 0 Å². The normalized spacial score (nSPS) is 39.4. The molecule has 0 aromatic heterocycles. The van der Waals surface area contributed by atoms with Crippen molar-refractivity contribution in [2.75, 3.05) is 27.2 Å². The van der Waals surface area contributed by atoms with Gasteiger partial charge in [-0.25, -0.2) is 0 Å². The molecule has 0 radical (unpaired) electrons. The minimum absolute atomic E-state index is 0.198. The molecule has 0 spiro atoms. The Hall–Kier alpha value is -0.590. The number of fused-ring (bicyclic) bond motifs is 1. The van der Waals surface area contributed by atoms with Crippen LogP contribution in [0.25, 0.3) is 0 Å². The second-order valence-corrected chi connectivity index (χ2v) is 4.37. The molecule has 2 saturated heterocycles. The maximum Gasteiger partial charge on any atom is 0.125 e. The van der Waals surface area contributed by atoms with Crippen LogP contribution in [0, 0.1) is 11.3 Å². The van der Waals surface area contributed by atoms with Crippen LogP contribution in [0.5, 0.6) is 0 Å². The van der Waals surface area contributed by atoms with E-state index in [-0.39, 0.29) is 5.54 Å². The number of rotatable bonds is 1. The first-order valence-corrected chi connectivity index (χ1v) is 5.03. The molecule has 0 aromatic carbocycles. The highest BCUT2D eigenvalue weighted by Gasteiger charge is 2.50. The first-order valence-electron chi connectivity index (χ1n) is 5.03. The Morgan fingerprint density at radius 3 is 2.85 bits per heavy atom. The van der Waals surface area contributed by atoms with Crippen LogP contribution in [0.1, 0.15) is 19.3 Å². The van der Waals surface area contributed by atoms with Crippen molar-refractivity contribution in [1.29, 1.82) is 5.26 Å². The molecule has 2 unspecified atom stereocenters. The molecule has 2 aliphatic heterocycles. The molecule has 3 heteroatoms. The molecule has 0 saturated carbocycles. The number of hydrogen-bond donors (Lipinski definition) is 0. The van der Waals surface area contributed by atoms with E-state index in [4.69, 9.17) is 0 Å². The third-order valence-electron chi connectivity index (χ3n) is 3.69. The van der Waals surface area contributed by atoms with Crippen LogP contribution in [-0.4, -0.2) is 48.6 Å². The van der Waals surface area contributed by atoms with Crippen molar-refractivity contribution in [3.8, 4) is 6.07 Å². The van der Waals surface area contributed by atoms with Crippen LogP contribution >= 0.6 is 0 Å². The number of nitrogens with zero attached hydrogens (tertiary/aromatic N) is 3. The van der Waals surface area contributed by atoms with Crippen molar-refractivity contribution < 1.29 is 0 Å². The molecule has 72 valence electrons. The Kier molecular flexibility index (Phi) is 2.05. The van der Waals surface area contributed by atoms with Gasteiger partial charge in [-0.1, -0.05) is 0 Å². The molecule has 3 nitrogen and oxygen atoms in total. The molecule has 2 rings (SSSR count). The summed E-state index contributed by atoms with van der Waals surface area (Å²) in [5.74, 6) is 0. The van der Waals surface area contributed by atoms with Crippen LogP contribution in [-0.2, 0) is 0 Å². The first kappa shape index (κ1) is 8.98. The quantitative estimate of drug-likeness (QED) is 0.593. The summed E-state index contributed by atoms with van der Waals surface area (Å²) in [5.41, 5.74) is -0.198. The molecule has 0 N–H and O–H groups in total. The van der Waals surface area contributed by atoms with Gasteiger partial charge in [0.1, 0.15) is 5.54 Å². The summed E-state index contributed by atoms with van der Waals surface area (Å²) in [5, 5.41) is 9.32. The Balaban J connectivity index is 2.27. The average molecular weight is 179 g/mol. The zero-order valence-electron chi connectivity index (χ0n) is 8.45. The van der Waals surface area contributed by atoms with E-state index in [1.807, 2.05) is 14.1 Å². The van der Waals surface area contributed by atoms with Gasteiger partial charge in [0, 0.05) is 12.6 Å². The Morgan fingerprint density at radius 2 is 2.23 bits per heavy atom. The van der Waals surface area contributed by atoms with Gasteiger partial charge in [0.2, 0.25) is 0 Å². The summed E-state index contributed by atoms with van der Waals surface area (Å²) in [6.07, 6.45) is 3.48. The molecule has 0 aliphatic carbocycles. The number of nitriles is 1. The third kappa shape index (κ3) is 1.09. The summed E-state index contributed by atoms with van der Waals surface area (Å²) < 4.78 is 0. The largest absolute Gasteiger partial charge is 0.297 e. The standard InChI is InChI=1S/C10H17N3/c1-12(2)10(8-11)5-7-13-6-3-4-9(10)13/h9H,3-7H2,1-2H3. The van der Waals surface area contributed by atoms with Gasteiger partial charge in [0.15, 0.2) is 0 Å². The highest BCUT2D eigenvalue weighted by molar-refractivity contribution is 5.19. The van der Waals surface area contributed by atoms with Crippen molar-refractivity contribution in [3.63, 3.8) is 0 Å². The molecule has 13 heavy (non-hydrogen) atoms. The van der Waals surface area contributed by atoms with E-state index in [0.29, 0.717) is 6.04 Å². The maximum atomic E-state index is 9.32. The van der Waals surface area contributed by atoms with Gasteiger partial charge in [0.05, 0.1) is 6.07 Å². The van der Waals surface area contributed by atoms with Crippen LogP contribution in [0.2, 0.25) is 0 Å². The fourth-order valence-corrected chi connectivity index (χ4v) is 2.87. The summed E-state index contributed by atoms with van der Waals surface area (Å²) in [6.45, 7) is 2.30. The number of hydrogen-bond acceptors (Lipinski definition) is 3. The highest BCUT2D eigenvalue weighted by atomic mass is 15.3. The van der Waals surface area contributed by atoms with Crippen molar-refractivity contribution >= 4 is 0 Å². The zero-order valence-corrected chi connectivity index (χ0v) is 8.45. The Bertz CT molecular complexity index is 243. The van der Waals surface area contributed by atoms with Crippen LogP contribution in [0.4, 0.5) is 0 Å². The lowest BCUT2D eigenvalue weighted by Gasteiger charge is -2.34. The van der Waals surface area contributed by atoms with E-state index >= 15 is 0 Å². The summed E-state index contributed by atoms with van der Waals surface area (Å²) in [7, 11) is 4.07. The highest BCUT2D eigenvalue weighted by Crippen LogP contribution is 2.38. The van der Waals surface area contributed by atoms with Gasteiger partial charge in [0.25, 0.3) is 0 Å². The summed E-state index contributed by atoms with van der Waals surface area (Å²) >= 11 is 0. The molecule has 2 aliphatic rings. The van der Waals surface area contributed by atoms with Gasteiger partial charge in [-0.3, -0.25) is 9.80 Å². The van der Waals surface area contributed by atoms with Gasteiger partial charge >= 0.3 is 0 Å². The summed E-state index contributed by atoms with van der Waals surface area (Å²) in [6, 6.07) is 3.03. The molecule has 2 atom stereocenters. The molecular formula is C10H17N3. The minimum Gasteiger partial charge on any atom is -0.297 e. The van der Waals surface area contributed by atoms with Gasteiger partial charge in [-0.2, -0.15) is 5.26 Å². The molecule has 0 bridgehead atoms. The predicted molar refractivity (Wildman–Crippen MR) is 51.2 cm³/mol. The third-order valence-corrected chi connectivity index (χ3v) is 3.69. The minimum atomic E-state index is -0.198. The van der Waals surface area contributed by atoms with E-state index < -0.39 is 0 Å². The predicted octanol–water partition coefficient (Wildman–Crippen LogP) is 0.678. The number of likely N-dealkylation sites (N-methyl/N-ethyl adjacent to an activating group) is 1. The molecule has 0 amide bonds. The second kappa shape index (κ2) is 2.97. The van der Waals surface area contributed by atoms with Crippen LogP contribution < -0.4 is 0 Å². The lowest BCUT2D eigenvalue weighted by Crippen LogP contribution is -2.51. The molecule has 2 fully saturated rings. The van der Waals surface area contributed by atoms with Gasteiger partial charge in [-0.05, 0) is 39.9 Å². The topological polar surface area (TPSA) is 30.3 Å². The van der Waals surface area contributed by atoms with Crippen LogP contribution in [0.15, 0.2) is 0 Å². The Morgan fingerprint density at radius 1 is 1.46 bits per heavy atom. The molecular weight excluding hydrogens is 162 g/mol. The van der Waals surface area contributed by atoms with E-state index in [0.717, 1.165) is 13.0 Å². The van der Waals surface area contributed by atoms with Gasteiger partial charge in [-0.15, -0.1) is 0 Å². The smallest absolute Gasteiger partial charge is 0.125 e. The van der Waals surface area contributed by atoms with Crippen molar-refractivity contribution in [1.82, 2.24) is 9.80 Å². The van der Waals surface area contributed by atoms with E-state index in [1.165, 1.54) is 19.4 Å². The fourth-order valence-electron chi connectivity index (χ4n) is 2.87. The average Bonchev–Trinajstić information content (AvgIpc) is 2.62. The maximum absolute atomic E-state index is 9.32. The van der Waals surface area contributed by atoms with Gasteiger partial charge < -0.3 is 0 Å². The van der Waals surface area contributed by atoms with Crippen molar-refractivity contribution in [2.24, 2.45) is 0 Å². The van der Waals surface area contributed by atoms with E-state index in [1.54, 1.807) is 0 Å². The van der Waals surface area contributed by atoms with Crippen molar-refractivity contribution in [3.05, 3.63) is 0 Å². The zero-order chi connectivity index (χ0) is 9.47. The lowest BCUT2D eigenvalue weighted by molar-refractivity contribution is 0.163. The molecule has 2 heterocycles. The van der Waals surface area contributed by atoms with E-state index in [2.05, 4.69) is 15.9 Å². The molecule has 0 aromatic rings. The Labute approximate surface area is 79.9 Å². The van der Waals surface area contributed by atoms with E-state index in [9.17, 15) is 5.26 Å². The first-order chi connectivity index (χ1) is 6.20. The second-order valence-electron chi connectivity index (χ2n) is 4.37. The summed E-state index contributed by atoms with van der Waals surface area (Å²) in [4.78, 5) is 4.59. The monoisotopic (exact) mass is 179 g/mol. The van der Waals surface area contributed by atoms with Crippen molar-refractivity contribution in [2.45, 2.75) is 30.8 Å².